The molecule has 2 rings (SSSR count). The average Bonchev–Trinajstić information content (AvgIpc) is 3.05. The third-order valence-corrected chi connectivity index (χ3v) is 6.34. The van der Waals surface area contributed by atoms with Crippen molar-refractivity contribution in [1.82, 2.24) is 15.1 Å². The molecule has 2 heterocycles. The molecule has 1 N–H and O–H groups in total. The molecule has 0 spiro atoms. The van der Waals surface area contributed by atoms with Crippen molar-refractivity contribution in [2.24, 2.45) is 5.41 Å². The van der Waals surface area contributed by atoms with Crippen molar-refractivity contribution in [2.75, 3.05) is 12.3 Å². The van der Waals surface area contributed by atoms with Crippen LogP contribution in [0.2, 0.25) is 0 Å². The summed E-state index contributed by atoms with van der Waals surface area (Å²) in [6.07, 6.45) is 3.33. The van der Waals surface area contributed by atoms with Gasteiger partial charge in [-0.25, -0.2) is 0 Å². The van der Waals surface area contributed by atoms with Gasteiger partial charge < -0.3 is 4.90 Å². The summed E-state index contributed by atoms with van der Waals surface area (Å²) < 4.78 is 1.50. The molecule has 0 saturated carbocycles. The number of hydrogen-bond donors (Lipinski definition) is 1. The van der Waals surface area contributed by atoms with Gasteiger partial charge in [0, 0.05) is 12.6 Å². The van der Waals surface area contributed by atoms with Crippen LogP contribution in [0.5, 0.6) is 0 Å². The Morgan fingerprint density at radius 2 is 2.40 bits per heavy atom. The zero-order valence-corrected chi connectivity index (χ0v) is 14.6. The van der Waals surface area contributed by atoms with E-state index in [1.165, 1.54) is 23.1 Å². The summed E-state index contributed by atoms with van der Waals surface area (Å²) in [4.78, 5) is 14.5. The van der Waals surface area contributed by atoms with Gasteiger partial charge in [-0.3, -0.25) is 9.89 Å². The van der Waals surface area contributed by atoms with Gasteiger partial charge in [0.25, 0.3) is 0 Å². The Morgan fingerprint density at radius 3 is 3.00 bits per heavy atom. The van der Waals surface area contributed by atoms with Crippen molar-refractivity contribution in [1.29, 1.82) is 0 Å². The van der Waals surface area contributed by atoms with Crippen molar-refractivity contribution in [3.8, 4) is 0 Å². The zero-order chi connectivity index (χ0) is 14.8. The van der Waals surface area contributed by atoms with Crippen LogP contribution in [0, 0.1) is 9.37 Å². The van der Waals surface area contributed by atoms with E-state index >= 15 is 0 Å². The van der Waals surface area contributed by atoms with Crippen LogP contribution in [0.1, 0.15) is 40.0 Å². The van der Waals surface area contributed by atoms with Gasteiger partial charge in [-0.05, 0) is 36.9 Å². The second kappa shape index (κ2) is 6.58. The van der Waals surface area contributed by atoms with Gasteiger partial charge in [0.15, 0.2) is 8.29 Å². The molecule has 20 heavy (non-hydrogen) atoms. The molecule has 0 radical (unpaired) electrons. The molecule has 1 aromatic rings. The lowest BCUT2D eigenvalue weighted by Gasteiger charge is -2.37. The summed E-state index contributed by atoms with van der Waals surface area (Å²) in [5.74, 6) is 0.673. The van der Waals surface area contributed by atoms with Crippen LogP contribution in [0.3, 0.4) is 0 Å². The highest BCUT2D eigenvalue weighted by atomic mass is 32.2. The number of H-pyrrole nitrogens is 1. The molecule has 0 aromatic carbocycles. The molecule has 1 fully saturated rings. The number of nitrogens with one attached hydrogen (secondary N) is 1. The predicted octanol–water partition coefficient (Wildman–Crippen LogP) is 3.72. The molecule has 7 heteroatoms. The Bertz CT molecular complexity index is 523. The fourth-order valence-electron chi connectivity index (χ4n) is 2.60. The monoisotopic (exact) mass is 331 g/mol. The highest BCUT2D eigenvalue weighted by Gasteiger charge is 2.38. The van der Waals surface area contributed by atoms with Crippen LogP contribution in [0.4, 0.5) is 0 Å². The Balaban J connectivity index is 1.96. The Kier molecular flexibility index (Phi) is 5.25. The Morgan fingerprint density at radius 1 is 1.65 bits per heavy atom. The standard InChI is InChI=1S/C13H21N3OS3/c1-4-13(2,3)9-6-5-7-16(9)10(17)8-19-12-15-14-11(18)20-12/h9H,4-8H2,1-3H3,(H,14,18)/t9-/m0/s1. The van der Waals surface area contributed by atoms with E-state index in [1.54, 1.807) is 0 Å². The van der Waals surface area contributed by atoms with Gasteiger partial charge in [0.2, 0.25) is 5.91 Å². The molecular formula is C13H21N3OS3. The lowest BCUT2D eigenvalue weighted by molar-refractivity contribution is -0.131. The molecule has 1 aliphatic heterocycles. The third kappa shape index (κ3) is 3.62. The van der Waals surface area contributed by atoms with Gasteiger partial charge in [-0.15, -0.1) is 0 Å². The summed E-state index contributed by atoms with van der Waals surface area (Å²) >= 11 is 7.89. The van der Waals surface area contributed by atoms with Crippen molar-refractivity contribution in [2.45, 2.75) is 50.4 Å². The number of carbonyl (C=O) groups is 1. The minimum Gasteiger partial charge on any atom is -0.338 e. The molecular weight excluding hydrogens is 310 g/mol. The van der Waals surface area contributed by atoms with Crippen LogP contribution < -0.4 is 0 Å². The summed E-state index contributed by atoms with van der Waals surface area (Å²) in [5.41, 5.74) is 0.194. The zero-order valence-electron chi connectivity index (χ0n) is 12.1. The summed E-state index contributed by atoms with van der Waals surface area (Å²) in [6.45, 7) is 7.61. The Hall–Kier alpha value is -0.400. The smallest absolute Gasteiger partial charge is 0.233 e. The number of carbonyl (C=O) groups excluding carboxylic acids is 1. The summed E-state index contributed by atoms with van der Waals surface area (Å²) in [7, 11) is 0. The highest BCUT2D eigenvalue weighted by Crippen LogP contribution is 2.36. The van der Waals surface area contributed by atoms with E-state index in [2.05, 4.69) is 35.9 Å². The van der Waals surface area contributed by atoms with E-state index < -0.39 is 0 Å². The van der Waals surface area contributed by atoms with Crippen LogP contribution in [-0.4, -0.2) is 39.3 Å². The van der Waals surface area contributed by atoms with E-state index in [0.717, 1.165) is 30.1 Å². The number of nitrogens with zero attached hydrogens (tertiary/aromatic N) is 2. The minimum atomic E-state index is 0.194. The fraction of sp³-hybridized carbons (Fsp3) is 0.769. The van der Waals surface area contributed by atoms with Crippen LogP contribution in [-0.2, 0) is 4.79 Å². The first-order chi connectivity index (χ1) is 9.44. The number of likely N-dealkylation sites (tertiary alicyclic amines) is 1. The highest BCUT2D eigenvalue weighted by molar-refractivity contribution is 8.01. The van der Waals surface area contributed by atoms with Crippen molar-refractivity contribution in [3.63, 3.8) is 0 Å². The first kappa shape index (κ1) is 16.0. The minimum absolute atomic E-state index is 0.194. The van der Waals surface area contributed by atoms with Gasteiger partial charge >= 0.3 is 0 Å². The topological polar surface area (TPSA) is 49.0 Å². The van der Waals surface area contributed by atoms with E-state index in [0.29, 0.717) is 15.7 Å². The van der Waals surface area contributed by atoms with Crippen LogP contribution in [0.15, 0.2) is 4.34 Å². The number of amides is 1. The largest absolute Gasteiger partial charge is 0.338 e. The van der Waals surface area contributed by atoms with Gasteiger partial charge in [0.05, 0.1) is 5.75 Å². The van der Waals surface area contributed by atoms with Gasteiger partial charge in [-0.2, -0.15) is 5.10 Å². The maximum Gasteiger partial charge on any atom is 0.233 e. The van der Waals surface area contributed by atoms with E-state index in [4.69, 9.17) is 12.2 Å². The van der Waals surface area contributed by atoms with E-state index in [9.17, 15) is 4.79 Å². The van der Waals surface area contributed by atoms with Crippen molar-refractivity contribution < 1.29 is 4.79 Å². The first-order valence-corrected chi connectivity index (χ1v) is 9.13. The third-order valence-electron chi connectivity index (χ3n) is 4.12. The quantitative estimate of drug-likeness (QED) is 0.660. The second-order valence-corrected chi connectivity index (χ2v) is 8.64. The second-order valence-electron chi connectivity index (χ2n) is 5.76. The molecule has 1 atom stereocenters. The van der Waals surface area contributed by atoms with Crippen LogP contribution >= 0.6 is 35.3 Å². The van der Waals surface area contributed by atoms with Crippen molar-refractivity contribution in [3.05, 3.63) is 3.95 Å². The number of aromatic amines is 1. The summed E-state index contributed by atoms with van der Waals surface area (Å²) in [5, 5.41) is 6.82. The lowest BCUT2D eigenvalue weighted by Crippen LogP contribution is -2.44. The summed E-state index contributed by atoms with van der Waals surface area (Å²) in [6, 6.07) is 0.373. The molecule has 4 nitrogen and oxygen atoms in total. The molecule has 0 aliphatic carbocycles. The molecule has 1 saturated heterocycles. The van der Waals surface area contributed by atoms with E-state index in [1.807, 2.05) is 0 Å². The molecule has 1 aromatic heterocycles. The first-order valence-electron chi connectivity index (χ1n) is 6.92. The molecule has 0 bridgehead atoms. The van der Waals surface area contributed by atoms with Crippen molar-refractivity contribution >= 4 is 41.2 Å². The molecule has 0 unspecified atom stereocenters. The average molecular weight is 332 g/mol. The molecule has 1 aliphatic rings. The lowest BCUT2D eigenvalue weighted by atomic mass is 9.80. The molecule has 1 amide bonds. The van der Waals surface area contributed by atoms with Gasteiger partial charge in [0.1, 0.15) is 0 Å². The van der Waals surface area contributed by atoms with Crippen LogP contribution in [0.25, 0.3) is 0 Å². The SMILES string of the molecule is CCC(C)(C)[C@@H]1CCCN1C(=O)CSc1n[nH]c(=S)s1. The molecule has 112 valence electrons. The predicted molar refractivity (Wildman–Crippen MR) is 86.8 cm³/mol. The maximum atomic E-state index is 12.4. The maximum absolute atomic E-state index is 12.4. The normalized spacial score (nSPS) is 19.6. The number of thioether (sulfide) groups is 1. The fourth-order valence-corrected chi connectivity index (χ4v) is 4.57. The Labute approximate surface area is 133 Å². The number of aromatic nitrogens is 2. The van der Waals surface area contributed by atoms with E-state index in [-0.39, 0.29) is 11.3 Å². The number of hydrogen-bond acceptors (Lipinski definition) is 5. The van der Waals surface area contributed by atoms with Gasteiger partial charge in [-0.1, -0.05) is 43.9 Å². The number of rotatable bonds is 5.